The van der Waals surface area contributed by atoms with Gasteiger partial charge >= 0.3 is 5.97 Å². The van der Waals surface area contributed by atoms with Gasteiger partial charge in [0.2, 0.25) is 0 Å². The number of carbonyl (C=O) groups excluding carboxylic acids is 1. The molecular weight excluding hydrogens is 295 g/mol. The summed E-state index contributed by atoms with van der Waals surface area (Å²) in [7, 11) is 1.56. The van der Waals surface area contributed by atoms with E-state index in [1.54, 1.807) is 32.2 Å². The average molecular weight is 308 g/mol. The molecule has 0 heterocycles. The van der Waals surface area contributed by atoms with Gasteiger partial charge in [-0.25, -0.2) is 4.79 Å². The zero-order valence-electron chi connectivity index (χ0n) is 9.00. The maximum atomic E-state index is 11.7. The molecule has 1 aromatic rings. The van der Waals surface area contributed by atoms with Crippen molar-refractivity contribution < 1.29 is 14.3 Å². The van der Waals surface area contributed by atoms with Gasteiger partial charge in [-0.2, -0.15) is 0 Å². The minimum absolute atomic E-state index is 0.271. The average Bonchev–Trinajstić information content (AvgIpc) is 2.22. The van der Waals surface area contributed by atoms with Crippen molar-refractivity contribution in [2.75, 3.05) is 13.7 Å². The van der Waals surface area contributed by atoms with Crippen LogP contribution in [0.2, 0.25) is 5.02 Å². The Labute approximate surface area is 108 Å². The molecule has 0 bridgehead atoms. The Bertz CT molecular complexity index is 381. The van der Waals surface area contributed by atoms with Crippen molar-refractivity contribution >= 4 is 33.5 Å². The molecule has 0 fully saturated rings. The largest absolute Gasteiger partial charge is 0.457 e. The van der Waals surface area contributed by atoms with Crippen molar-refractivity contribution in [3.05, 3.63) is 33.3 Å². The minimum Gasteiger partial charge on any atom is -0.457 e. The number of esters is 1. The zero-order valence-corrected chi connectivity index (χ0v) is 11.3. The molecule has 0 aliphatic rings. The molecule has 1 rings (SSSR count). The van der Waals surface area contributed by atoms with E-state index in [0.29, 0.717) is 21.7 Å². The molecule has 1 unspecified atom stereocenters. The zero-order chi connectivity index (χ0) is 12.1. The molecule has 0 saturated carbocycles. The van der Waals surface area contributed by atoms with E-state index in [4.69, 9.17) is 21.1 Å². The molecular formula is C11H12BrClO3. The summed E-state index contributed by atoms with van der Waals surface area (Å²) in [4.78, 5) is 11.7. The number of carbonyl (C=O) groups is 1. The second-order valence-electron chi connectivity index (χ2n) is 3.30. The summed E-state index contributed by atoms with van der Waals surface area (Å²) < 4.78 is 10.7. The van der Waals surface area contributed by atoms with Crippen LogP contribution in [0.25, 0.3) is 0 Å². The fraction of sp³-hybridized carbons (Fsp3) is 0.364. The number of halogens is 2. The van der Waals surface area contributed by atoms with Crippen molar-refractivity contribution in [3.8, 4) is 0 Å². The fourth-order valence-corrected chi connectivity index (χ4v) is 1.64. The predicted molar refractivity (Wildman–Crippen MR) is 65.9 cm³/mol. The van der Waals surface area contributed by atoms with Gasteiger partial charge in [-0.15, -0.1) is 0 Å². The highest BCUT2D eigenvalue weighted by molar-refractivity contribution is 9.10. The van der Waals surface area contributed by atoms with Gasteiger partial charge in [0.05, 0.1) is 17.2 Å². The van der Waals surface area contributed by atoms with Crippen LogP contribution < -0.4 is 0 Å². The lowest BCUT2D eigenvalue weighted by molar-refractivity contribution is 0.0120. The number of benzene rings is 1. The van der Waals surface area contributed by atoms with E-state index in [-0.39, 0.29) is 12.1 Å². The Morgan fingerprint density at radius 3 is 2.81 bits per heavy atom. The second kappa shape index (κ2) is 6.23. The van der Waals surface area contributed by atoms with E-state index in [1.165, 1.54) is 0 Å². The maximum absolute atomic E-state index is 11.7. The first kappa shape index (κ1) is 13.5. The van der Waals surface area contributed by atoms with Gasteiger partial charge in [0, 0.05) is 11.6 Å². The van der Waals surface area contributed by atoms with Gasteiger partial charge in [0.25, 0.3) is 0 Å². The normalized spacial score (nSPS) is 12.2. The molecule has 0 saturated heterocycles. The topological polar surface area (TPSA) is 35.5 Å². The Kier molecular flexibility index (Phi) is 5.25. The van der Waals surface area contributed by atoms with Crippen molar-refractivity contribution in [2.45, 2.75) is 13.0 Å². The third-order valence-electron chi connectivity index (χ3n) is 1.86. The highest BCUT2D eigenvalue weighted by Gasteiger charge is 2.12. The Morgan fingerprint density at radius 2 is 2.25 bits per heavy atom. The Hall–Kier alpha value is -0.580. The van der Waals surface area contributed by atoms with Crippen LogP contribution in [0.4, 0.5) is 0 Å². The highest BCUT2D eigenvalue weighted by atomic mass is 79.9. The molecule has 16 heavy (non-hydrogen) atoms. The van der Waals surface area contributed by atoms with E-state index < -0.39 is 0 Å². The second-order valence-corrected chi connectivity index (χ2v) is 4.56. The summed E-state index contributed by atoms with van der Waals surface area (Å²) >= 11 is 9.07. The maximum Gasteiger partial charge on any atom is 0.338 e. The summed E-state index contributed by atoms with van der Waals surface area (Å²) in [5, 5.41) is 0.557. The summed E-state index contributed by atoms with van der Waals surface area (Å²) in [6, 6.07) is 4.89. The first-order valence-electron chi connectivity index (χ1n) is 4.69. The first-order valence-corrected chi connectivity index (χ1v) is 5.86. The number of hydrogen-bond acceptors (Lipinski definition) is 3. The van der Waals surface area contributed by atoms with Crippen molar-refractivity contribution in [1.29, 1.82) is 0 Å². The van der Waals surface area contributed by atoms with Crippen molar-refractivity contribution in [2.24, 2.45) is 0 Å². The van der Waals surface area contributed by atoms with Gasteiger partial charge in [-0.05, 0) is 41.1 Å². The molecule has 0 aromatic heterocycles. The number of methoxy groups -OCH3 is 1. The monoisotopic (exact) mass is 306 g/mol. The lowest BCUT2D eigenvalue weighted by Gasteiger charge is -2.12. The SMILES string of the molecule is COCC(C)OC(=O)c1ccc(Cl)c(Br)c1. The van der Waals surface area contributed by atoms with E-state index in [2.05, 4.69) is 15.9 Å². The standard InChI is InChI=1S/C11H12BrClO3/c1-7(6-15-2)16-11(14)8-3-4-10(13)9(12)5-8/h3-5,7H,6H2,1-2H3. The third kappa shape index (κ3) is 3.77. The summed E-state index contributed by atoms with van der Waals surface area (Å²) in [5.74, 6) is -0.387. The first-order chi connectivity index (χ1) is 7.54. The van der Waals surface area contributed by atoms with Crippen LogP contribution in [-0.4, -0.2) is 25.8 Å². The molecule has 0 radical (unpaired) electrons. The van der Waals surface area contributed by atoms with Gasteiger partial charge < -0.3 is 9.47 Å². The lowest BCUT2D eigenvalue weighted by Crippen LogP contribution is -2.19. The van der Waals surface area contributed by atoms with Crippen LogP contribution in [0.15, 0.2) is 22.7 Å². The molecule has 88 valence electrons. The Balaban J connectivity index is 2.69. The van der Waals surface area contributed by atoms with E-state index in [9.17, 15) is 4.79 Å². The molecule has 0 N–H and O–H groups in total. The van der Waals surface area contributed by atoms with Crippen molar-refractivity contribution in [1.82, 2.24) is 0 Å². The molecule has 5 heteroatoms. The van der Waals surface area contributed by atoms with Crippen LogP contribution >= 0.6 is 27.5 Å². The summed E-state index contributed by atoms with van der Waals surface area (Å²) in [6.45, 7) is 2.15. The van der Waals surface area contributed by atoms with Gasteiger partial charge in [-0.1, -0.05) is 11.6 Å². The Morgan fingerprint density at radius 1 is 1.56 bits per heavy atom. The smallest absolute Gasteiger partial charge is 0.338 e. The molecule has 0 amide bonds. The van der Waals surface area contributed by atoms with Crippen LogP contribution in [0.1, 0.15) is 17.3 Å². The van der Waals surface area contributed by atoms with Gasteiger partial charge in [0.1, 0.15) is 6.10 Å². The van der Waals surface area contributed by atoms with Crippen LogP contribution in [0.5, 0.6) is 0 Å². The predicted octanol–water partition coefficient (Wildman–Crippen LogP) is 3.29. The van der Waals surface area contributed by atoms with Gasteiger partial charge in [-0.3, -0.25) is 0 Å². The van der Waals surface area contributed by atoms with Crippen LogP contribution in [0.3, 0.4) is 0 Å². The summed E-state index contributed by atoms with van der Waals surface area (Å²) in [6.07, 6.45) is -0.271. The molecule has 3 nitrogen and oxygen atoms in total. The highest BCUT2D eigenvalue weighted by Crippen LogP contribution is 2.23. The molecule has 0 aliphatic carbocycles. The van der Waals surface area contributed by atoms with E-state index in [1.807, 2.05) is 0 Å². The molecule has 0 aliphatic heterocycles. The molecule has 0 spiro atoms. The third-order valence-corrected chi connectivity index (χ3v) is 3.08. The number of ether oxygens (including phenoxy) is 2. The lowest BCUT2D eigenvalue weighted by atomic mass is 10.2. The van der Waals surface area contributed by atoms with E-state index in [0.717, 1.165) is 0 Å². The van der Waals surface area contributed by atoms with Crippen molar-refractivity contribution in [3.63, 3.8) is 0 Å². The van der Waals surface area contributed by atoms with Crippen LogP contribution in [0, 0.1) is 0 Å². The number of hydrogen-bond donors (Lipinski definition) is 0. The molecule has 1 aromatic carbocycles. The fourth-order valence-electron chi connectivity index (χ4n) is 1.14. The van der Waals surface area contributed by atoms with Gasteiger partial charge in [0.15, 0.2) is 0 Å². The molecule has 1 atom stereocenters. The quantitative estimate of drug-likeness (QED) is 0.801. The van der Waals surface area contributed by atoms with Crippen LogP contribution in [-0.2, 0) is 9.47 Å². The summed E-state index contributed by atoms with van der Waals surface area (Å²) in [5.41, 5.74) is 0.458. The number of rotatable bonds is 4. The minimum atomic E-state index is -0.387. The van der Waals surface area contributed by atoms with E-state index >= 15 is 0 Å².